The van der Waals surface area contributed by atoms with E-state index in [9.17, 15) is 0 Å². The first kappa shape index (κ1) is 16.1. The summed E-state index contributed by atoms with van der Waals surface area (Å²) < 4.78 is 9.41. The highest BCUT2D eigenvalue weighted by Crippen LogP contribution is 2.31. The molecule has 2 aromatic heterocycles. The zero-order chi connectivity index (χ0) is 16.6. The smallest absolute Gasteiger partial charge is 0.216 e. The molecule has 23 heavy (non-hydrogen) atoms. The summed E-state index contributed by atoms with van der Waals surface area (Å²) in [5, 5.41) is 12.8. The Morgan fingerprint density at radius 1 is 1.35 bits per heavy atom. The van der Waals surface area contributed by atoms with E-state index in [0.717, 1.165) is 31.0 Å². The largest absolute Gasteiger partial charge is 0.481 e. The van der Waals surface area contributed by atoms with E-state index >= 15 is 0 Å². The van der Waals surface area contributed by atoms with Gasteiger partial charge in [-0.1, -0.05) is 13.8 Å². The zero-order valence-electron chi connectivity index (χ0n) is 14.8. The highest BCUT2D eigenvalue weighted by molar-refractivity contribution is 5.34. The minimum atomic E-state index is 0.359. The number of rotatable bonds is 5. The lowest BCUT2D eigenvalue weighted by Gasteiger charge is -2.24. The number of nitrogens with one attached hydrogen (secondary N) is 1. The van der Waals surface area contributed by atoms with Crippen LogP contribution in [0.5, 0.6) is 5.88 Å². The van der Waals surface area contributed by atoms with Gasteiger partial charge in [-0.2, -0.15) is 10.2 Å². The molecule has 0 spiro atoms. The van der Waals surface area contributed by atoms with Crippen LogP contribution in [0.15, 0.2) is 6.20 Å². The van der Waals surface area contributed by atoms with Crippen LogP contribution < -0.4 is 10.1 Å². The third kappa shape index (κ3) is 2.87. The van der Waals surface area contributed by atoms with E-state index in [-0.39, 0.29) is 0 Å². The van der Waals surface area contributed by atoms with Gasteiger partial charge < -0.3 is 10.1 Å². The van der Waals surface area contributed by atoms with Crippen LogP contribution in [0.2, 0.25) is 0 Å². The molecule has 1 aliphatic carbocycles. The van der Waals surface area contributed by atoms with Gasteiger partial charge in [0.2, 0.25) is 5.88 Å². The van der Waals surface area contributed by atoms with Gasteiger partial charge in [-0.3, -0.25) is 4.68 Å². The molecular weight excluding hydrogens is 290 g/mol. The number of aryl methyl sites for hydroxylation is 2. The standard InChI is InChI=1S/C17H27N5O/c1-11(2)16-13(17(23-5)22(4)20-16)9-18-14-7-6-8-15-12(14)10-19-21(15)3/h10-11,14,18H,6-9H2,1-5H3/t14-/m0/s1. The van der Waals surface area contributed by atoms with Crippen LogP contribution in [0.3, 0.4) is 0 Å². The molecule has 0 saturated heterocycles. The molecule has 0 saturated carbocycles. The van der Waals surface area contributed by atoms with Gasteiger partial charge in [0.1, 0.15) is 0 Å². The second-order valence-electron chi connectivity index (χ2n) is 6.65. The first-order valence-corrected chi connectivity index (χ1v) is 8.36. The van der Waals surface area contributed by atoms with E-state index in [1.54, 1.807) is 7.11 Å². The molecule has 0 radical (unpaired) electrons. The zero-order valence-corrected chi connectivity index (χ0v) is 14.8. The van der Waals surface area contributed by atoms with Gasteiger partial charge in [-0.05, 0) is 25.2 Å². The molecule has 0 amide bonds. The highest BCUT2D eigenvalue weighted by Gasteiger charge is 2.25. The Labute approximate surface area is 137 Å². The van der Waals surface area contributed by atoms with Crippen LogP contribution in [0, 0.1) is 0 Å². The molecule has 1 N–H and O–H groups in total. The molecule has 0 aromatic carbocycles. The lowest BCUT2D eigenvalue weighted by atomic mass is 9.92. The van der Waals surface area contributed by atoms with E-state index in [1.165, 1.54) is 23.2 Å². The summed E-state index contributed by atoms with van der Waals surface area (Å²) in [6, 6.07) is 0.359. The maximum absolute atomic E-state index is 5.56. The Bertz CT molecular complexity index is 685. The molecule has 6 heteroatoms. The molecule has 6 nitrogen and oxygen atoms in total. The van der Waals surface area contributed by atoms with Crippen molar-refractivity contribution in [2.75, 3.05) is 7.11 Å². The average molecular weight is 317 g/mol. The van der Waals surface area contributed by atoms with E-state index in [1.807, 2.05) is 29.7 Å². The lowest BCUT2D eigenvalue weighted by Crippen LogP contribution is -2.25. The van der Waals surface area contributed by atoms with Crippen molar-refractivity contribution in [2.45, 2.75) is 51.6 Å². The minimum Gasteiger partial charge on any atom is -0.481 e. The van der Waals surface area contributed by atoms with Gasteiger partial charge in [0, 0.05) is 37.9 Å². The third-order valence-electron chi connectivity index (χ3n) is 4.76. The fourth-order valence-corrected chi connectivity index (χ4v) is 3.60. The Morgan fingerprint density at radius 2 is 2.13 bits per heavy atom. The molecule has 1 aliphatic rings. The Kier molecular flexibility index (Phi) is 4.43. The second-order valence-corrected chi connectivity index (χ2v) is 6.65. The Balaban J connectivity index is 1.82. The molecule has 1 atom stereocenters. The van der Waals surface area contributed by atoms with Crippen molar-refractivity contribution in [3.63, 3.8) is 0 Å². The molecule has 0 bridgehead atoms. The number of nitrogens with zero attached hydrogens (tertiary/aromatic N) is 4. The maximum atomic E-state index is 5.56. The Morgan fingerprint density at radius 3 is 2.83 bits per heavy atom. The van der Waals surface area contributed by atoms with Crippen LogP contribution in [0.25, 0.3) is 0 Å². The number of methoxy groups -OCH3 is 1. The summed E-state index contributed by atoms with van der Waals surface area (Å²) in [7, 11) is 5.68. The number of fused-ring (bicyclic) bond motifs is 1. The predicted molar refractivity (Wildman–Crippen MR) is 89.6 cm³/mol. The fourth-order valence-electron chi connectivity index (χ4n) is 3.60. The molecule has 126 valence electrons. The molecule has 2 heterocycles. The SMILES string of the molecule is COc1c(CN[C@H]2CCCc3c2cnn3C)c(C(C)C)nn1C. The van der Waals surface area contributed by atoms with Gasteiger partial charge >= 0.3 is 0 Å². The molecule has 0 fully saturated rings. The van der Waals surface area contributed by atoms with Crippen LogP contribution >= 0.6 is 0 Å². The van der Waals surface area contributed by atoms with Crippen molar-refractivity contribution >= 4 is 0 Å². The van der Waals surface area contributed by atoms with E-state index in [0.29, 0.717) is 12.0 Å². The summed E-state index contributed by atoms with van der Waals surface area (Å²) in [5.74, 6) is 1.23. The minimum absolute atomic E-state index is 0.359. The van der Waals surface area contributed by atoms with Crippen molar-refractivity contribution in [1.82, 2.24) is 24.9 Å². The molecular formula is C17H27N5O. The van der Waals surface area contributed by atoms with Crippen LogP contribution in [-0.4, -0.2) is 26.7 Å². The van der Waals surface area contributed by atoms with Gasteiger partial charge in [0.15, 0.2) is 0 Å². The first-order chi connectivity index (χ1) is 11.0. The summed E-state index contributed by atoms with van der Waals surface area (Å²) in [6.45, 7) is 5.11. The van der Waals surface area contributed by atoms with Gasteiger partial charge in [0.25, 0.3) is 0 Å². The topological polar surface area (TPSA) is 56.9 Å². The van der Waals surface area contributed by atoms with Crippen molar-refractivity contribution in [3.8, 4) is 5.88 Å². The number of ether oxygens (including phenoxy) is 1. The van der Waals surface area contributed by atoms with E-state index in [4.69, 9.17) is 4.74 Å². The average Bonchev–Trinajstić information content (AvgIpc) is 3.06. The van der Waals surface area contributed by atoms with Crippen LogP contribution in [0.1, 0.15) is 61.2 Å². The summed E-state index contributed by atoms with van der Waals surface area (Å²) in [4.78, 5) is 0. The normalized spacial score (nSPS) is 17.6. The van der Waals surface area contributed by atoms with E-state index in [2.05, 4.69) is 29.4 Å². The summed E-state index contributed by atoms with van der Waals surface area (Å²) in [5.41, 5.74) is 4.98. The lowest BCUT2D eigenvalue weighted by molar-refractivity contribution is 0.365. The van der Waals surface area contributed by atoms with Crippen molar-refractivity contribution < 1.29 is 4.74 Å². The molecule has 3 rings (SSSR count). The monoisotopic (exact) mass is 317 g/mol. The fraction of sp³-hybridized carbons (Fsp3) is 0.647. The summed E-state index contributed by atoms with van der Waals surface area (Å²) in [6.07, 6.45) is 5.48. The van der Waals surface area contributed by atoms with E-state index < -0.39 is 0 Å². The summed E-state index contributed by atoms with van der Waals surface area (Å²) >= 11 is 0. The van der Waals surface area contributed by atoms with Crippen LogP contribution in [-0.2, 0) is 27.1 Å². The van der Waals surface area contributed by atoms with Crippen molar-refractivity contribution in [2.24, 2.45) is 14.1 Å². The van der Waals surface area contributed by atoms with Gasteiger partial charge in [-0.25, -0.2) is 4.68 Å². The van der Waals surface area contributed by atoms with Crippen LogP contribution in [0.4, 0.5) is 0 Å². The van der Waals surface area contributed by atoms with Gasteiger partial charge in [0.05, 0.1) is 24.6 Å². The second kappa shape index (κ2) is 6.35. The predicted octanol–water partition coefficient (Wildman–Crippen LogP) is 2.45. The Hall–Kier alpha value is -1.82. The molecule has 2 aromatic rings. The maximum Gasteiger partial charge on any atom is 0.216 e. The quantitative estimate of drug-likeness (QED) is 0.920. The number of aromatic nitrogens is 4. The third-order valence-corrected chi connectivity index (χ3v) is 4.76. The number of hydrogen-bond acceptors (Lipinski definition) is 4. The molecule has 0 aliphatic heterocycles. The van der Waals surface area contributed by atoms with Gasteiger partial charge in [-0.15, -0.1) is 0 Å². The highest BCUT2D eigenvalue weighted by atomic mass is 16.5. The van der Waals surface area contributed by atoms with Crippen molar-refractivity contribution in [1.29, 1.82) is 0 Å². The number of hydrogen-bond donors (Lipinski definition) is 1. The molecule has 0 unspecified atom stereocenters. The first-order valence-electron chi connectivity index (χ1n) is 8.36. The van der Waals surface area contributed by atoms with Crippen molar-refractivity contribution in [3.05, 3.63) is 28.7 Å².